The van der Waals surface area contributed by atoms with Crippen LogP contribution >= 0.6 is 0 Å². The number of nitrogen functional groups attached to an aromatic ring is 1. The van der Waals surface area contributed by atoms with Gasteiger partial charge in [-0.1, -0.05) is 5.16 Å². The Morgan fingerprint density at radius 2 is 2.04 bits per heavy atom. The van der Waals surface area contributed by atoms with Crippen LogP contribution in [0.15, 0.2) is 11.5 Å². The standard InChI is InChI=1S/C15H20N6O5/c16-12-9-13(20-15(19-12)25-7-3-1-2-4-7)21(6-17-9)14-11(23)10(22)8(26-14)5-18-24/h5-8,10-11,14,22-24H,1-4H2,(H2,16,19,20)/t8-,10-,11-,14-/m1/s1. The summed E-state index contributed by atoms with van der Waals surface area (Å²) in [6.45, 7) is 0. The van der Waals surface area contributed by atoms with E-state index in [1.165, 1.54) is 10.9 Å². The van der Waals surface area contributed by atoms with Crippen LogP contribution in [-0.4, -0.2) is 65.6 Å². The van der Waals surface area contributed by atoms with Crippen LogP contribution in [-0.2, 0) is 4.74 Å². The zero-order valence-electron chi connectivity index (χ0n) is 13.8. The van der Waals surface area contributed by atoms with Crippen molar-refractivity contribution < 1.29 is 24.9 Å². The number of rotatable bonds is 4. The molecule has 2 aromatic rings. The van der Waals surface area contributed by atoms with Crippen LogP contribution in [0.3, 0.4) is 0 Å². The minimum Gasteiger partial charge on any atom is -0.460 e. The molecule has 11 heteroatoms. The number of anilines is 1. The molecule has 1 aliphatic carbocycles. The zero-order chi connectivity index (χ0) is 18.3. The number of nitrogens with two attached hydrogens (primary N) is 1. The number of fused-ring (bicyclic) bond motifs is 1. The lowest BCUT2D eigenvalue weighted by Crippen LogP contribution is -2.32. The third-order valence-electron chi connectivity index (χ3n) is 4.77. The quantitative estimate of drug-likeness (QED) is 0.327. The smallest absolute Gasteiger partial charge is 0.320 e. The van der Waals surface area contributed by atoms with E-state index in [1.807, 2.05) is 0 Å². The van der Waals surface area contributed by atoms with Crippen molar-refractivity contribution in [2.45, 2.75) is 56.3 Å². The van der Waals surface area contributed by atoms with Crippen LogP contribution < -0.4 is 10.5 Å². The lowest BCUT2D eigenvalue weighted by Gasteiger charge is -2.17. The number of aliphatic hydroxyl groups is 2. The molecular weight excluding hydrogens is 344 g/mol. The Bertz CT molecular complexity index is 820. The van der Waals surface area contributed by atoms with Crippen LogP contribution in [0.4, 0.5) is 5.82 Å². The Morgan fingerprint density at radius 1 is 1.27 bits per heavy atom. The third-order valence-corrected chi connectivity index (χ3v) is 4.77. The highest BCUT2D eigenvalue weighted by atomic mass is 16.6. The van der Waals surface area contributed by atoms with Gasteiger partial charge in [0, 0.05) is 0 Å². The van der Waals surface area contributed by atoms with Crippen LogP contribution in [0.5, 0.6) is 6.01 Å². The van der Waals surface area contributed by atoms with Gasteiger partial charge in [0.05, 0.1) is 12.5 Å². The van der Waals surface area contributed by atoms with Crippen molar-refractivity contribution in [2.75, 3.05) is 5.73 Å². The lowest BCUT2D eigenvalue weighted by atomic mass is 10.1. The Hall–Kier alpha value is -2.50. The maximum absolute atomic E-state index is 10.3. The maximum Gasteiger partial charge on any atom is 0.320 e. The molecule has 140 valence electrons. The molecular formula is C15H20N6O5. The number of hydrogen-bond donors (Lipinski definition) is 4. The fourth-order valence-electron chi connectivity index (χ4n) is 3.42. The minimum atomic E-state index is -1.27. The molecule has 2 fully saturated rings. The van der Waals surface area contributed by atoms with Gasteiger partial charge in [0.25, 0.3) is 0 Å². The molecule has 11 nitrogen and oxygen atoms in total. The van der Waals surface area contributed by atoms with Crippen LogP contribution in [0.2, 0.25) is 0 Å². The molecule has 0 aromatic carbocycles. The van der Waals surface area contributed by atoms with Crippen LogP contribution in [0.25, 0.3) is 11.2 Å². The molecule has 0 radical (unpaired) electrons. The summed E-state index contributed by atoms with van der Waals surface area (Å²) < 4.78 is 12.8. The largest absolute Gasteiger partial charge is 0.460 e. The van der Waals surface area contributed by atoms with Gasteiger partial charge >= 0.3 is 6.01 Å². The average molecular weight is 364 g/mol. The SMILES string of the molecule is Nc1nc(OC2CCCC2)nc2c1ncn2[C@@H]1O[C@H](C=NO)[C@@H](O)[C@H]1O. The summed E-state index contributed by atoms with van der Waals surface area (Å²) >= 11 is 0. The predicted molar refractivity (Wildman–Crippen MR) is 88.8 cm³/mol. The first-order valence-corrected chi connectivity index (χ1v) is 8.44. The number of ether oxygens (including phenoxy) is 2. The Balaban J connectivity index is 1.68. The molecule has 0 amide bonds. The van der Waals surface area contributed by atoms with Gasteiger partial charge in [-0.25, -0.2) is 4.98 Å². The summed E-state index contributed by atoms with van der Waals surface area (Å²) in [6, 6.07) is 0.144. The van der Waals surface area contributed by atoms with Crippen molar-refractivity contribution in [3.8, 4) is 6.01 Å². The molecule has 2 aromatic heterocycles. The zero-order valence-corrected chi connectivity index (χ0v) is 13.8. The summed E-state index contributed by atoms with van der Waals surface area (Å²) in [7, 11) is 0. The number of aromatic nitrogens is 4. The Kier molecular flexibility index (Phi) is 4.34. The second kappa shape index (κ2) is 6.67. The topological polar surface area (TPSA) is 161 Å². The third kappa shape index (κ3) is 2.83. The number of hydrogen-bond acceptors (Lipinski definition) is 10. The summed E-state index contributed by atoms with van der Waals surface area (Å²) in [5.74, 6) is 0.156. The van der Waals surface area contributed by atoms with E-state index in [-0.39, 0.29) is 17.9 Å². The normalized spacial score (nSPS) is 29.9. The van der Waals surface area contributed by atoms with Gasteiger partial charge in [-0.2, -0.15) is 9.97 Å². The summed E-state index contributed by atoms with van der Waals surface area (Å²) in [5, 5.41) is 31.8. The van der Waals surface area contributed by atoms with E-state index in [1.54, 1.807) is 0 Å². The van der Waals surface area contributed by atoms with E-state index in [0.717, 1.165) is 31.9 Å². The van der Waals surface area contributed by atoms with Gasteiger partial charge in [0.1, 0.15) is 24.4 Å². The Morgan fingerprint density at radius 3 is 2.77 bits per heavy atom. The van der Waals surface area contributed by atoms with E-state index in [4.69, 9.17) is 20.4 Å². The lowest BCUT2D eigenvalue weighted by molar-refractivity contribution is -0.0214. The van der Waals surface area contributed by atoms with Crippen molar-refractivity contribution in [1.29, 1.82) is 0 Å². The van der Waals surface area contributed by atoms with Gasteiger partial charge < -0.3 is 30.6 Å². The van der Waals surface area contributed by atoms with E-state index < -0.39 is 24.5 Å². The first-order valence-electron chi connectivity index (χ1n) is 8.44. The number of nitrogens with zero attached hydrogens (tertiary/aromatic N) is 5. The second-order valence-corrected chi connectivity index (χ2v) is 6.48. The monoisotopic (exact) mass is 364 g/mol. The molecule has 0 bridgehead atoms. The minimum absolute atomic E-state index is 0.0588. The van der Waals surface area contributed by atoms with Gasteiger partial charge in [0.15, 0.2) is 23.2 Å². The molecule has 1 saturated carbocycles. The van der Waals surface area contributed by atoms with Crippen molar-refractivity contribution >= 4 is 23.2 Å². The van der Waals surface area contributed by atoms with Crippen molar-refractivity contribution in [3.05, 3.63) is 6.33 Å². The Labute approximate surface area is 148 Å². The highest BCUT2D eigenvalue weighted by Gasteiger charge is 2.44. The van der Waals surface area contributed by atoms with Gasteiger partial charge in [-0.15, -0.1) is 0 Å². The van der Waals surface area contributed by atoms with Gasteiger partial charge in [-0.3, -0.25) is 4.57 Å². The molecule has 5 N–H and O–H groups in total. The first-order chi connectivity index (χ1) is 12.6. The molecule has 0 spiro atoms. The molecule has 4 rings (SSSR count). The molecule has 0 unspecified atom stereocenters. The molecule has 4 atom stereocenters. The number of imidazole rings is 1. The van der Waals surface area contributed by atoms with E-state index in [9.17, 15) is 10.2 Å². The van der Waals surface area contributed by atoms with E-state index >= 15 is 0 Å². The first kappa shape index (κ1) is 16.9. The summed E-state index contributed by atoms with van der Waals surface area (Å²) in [5.41, 5.74) is 6.63. The predicted octanol–water partition coefficient (Wildman–Crippen LogP) is -0.191. The van der Waals surface area contributed by atoms with Crippen molar-refractivity contribution in [3.63, 3.8) is 0 Å². The molecule has 1 aliphatic heterocycles. The van der Waals surface area contributed by atoms with Crippen molar-refractivity contribution in [1.82, 2.24) is 19.5 Å². The second-order valence-electron chi connectivity index (χ2n) is 6.48. The van der Waals surface area contributed by atoms with Crippen LogP contribution in [0, 0.1) is 0 Å². The fourth-order valence-corrected chi connectivity index (χ4v) is 3.42. The van der Waals surface area contributed by atoms with Crippen molar-refractivity contribution in [2.24, 2.45) is 5.16 Å². The van der Waals surface area contributed by atoms with Gasteiger partial charge in [0.2, 0.25) is 0 Å². The van der Waals surface area contributed by atoms with E-state index in [0.29, 0.717) is 11.2 Å². The summed E-state index contributed by atoms with van der Waals surface area (Å²) in [6.07, 6.45) is 2.08. The highest BCUT2D eigenvalue weighted by Crippen LogP contribution is 2.32. The molecule has 1 saturated heterocycles. The fraction of sp³-hybridized carbons (Fsp3) is 0.600. The van der Waals surface area contributed by atoms with E-state index in [2.05, 4.69) is 20.1 Å². The average Bonchev–Trinajstić information content (AvgIpc) is 3.32. The summed E-state index contributed by atoms with van der Waals surface area (Å²) in [4.78, 5) is 12.7. The number of aliphatic hydroxyl groups excluding tert-OH is 2. The molecule has 2 aliphatic rings. The highest BCUT2D eigenvalue weighted by molar-refractivity contribution is 5.82. The molecule has 3 heterocycles. The van der Waals surface area contributed by atoms with Gasteiger partial charge in [-0.05, 0) is 25.7 Å². The van der Waals surface area contributed by atoms with Crippen LogP contribution in [0.1, 0.15) is 31.9 Å². The number of oxime groups is 1. The maximum atomic E-state index is 10.3. The molecule has 26 heavy (non-hydrogen) atoms.